The minimum atomic E-state index is -1.33. The van der Waals surface area contributed by atoms with E-state index in [1.54, 1.807) is 25.1 Å². The summed E-state index contributed by atoms with van der Waals surface area (Å²) in [6.07, 6.45) is 1.25. The zero-order valence-electron chi connectivity index (χ0n) is 10.6. The molecular weight excluding hydrogens is 283 g/mol. The smallest absolute Gasteiger partial charge is 0.338 e. The number of nitrogens with one attached hydrogen (secondary N) is 1. The Hall–Kier alpha value is -2.14. The first kappa shape index (κ1) is 14.3. The van der Waals surface area contributed by atoms with Crippen molar-refractivity contribution in [2.75, 3.05) is 5.32 Å². The lowest BCUT2D eigenvalue weighted by Gasteiger charge is -2.16. The Morgan fingerprint density at radius 3 is 2.85 bits per heavy atom. The third kappa shape index (κ3) is 3.05. The Kier molecular flexibility index (Phi) is 4.20. The quantitative estimate of drug-likeness (QED) is 0.901. The number of pyridine rings is 1. The number of nitrogens with zero attached hydrogens (tertiary/aromatic N) is 1. The third-order valence-corrected chi connectivity index (χ3v) is 3.06. The molecule has 0 aliphatic rings. The lowest BCUT2D eigenvalue weighted by molar-refractivity contribution is 0.0692. The molecule has 1 aromatic carbocycles. The van der Waals surface area contributed by atoms with Crippen molar-refractivity contribution in [2.45, 2.75) is 13.0 Å². The molecule has 0 spiro atoms. The zero-order valence-corrected chi connectivity index (χ0v) is 11.4. The molecule has 2 rings (SSSR count). The number of rotatable bonds is 4. The van der Waals surface area contributed by atoms with Crippen LogP contribution in [0.2, 0.25) is 5.02 Å². The first-order valence-corrected chi connectivity index (χ1v) is 6.26. The zero-order chi connectivity index (χ0) is 14.7. The van der Waals surface area contributed by atoms with Crippen molar-refractivity contribution in [2.24, 2.45) is 0 Å². The van der Waals surface area contributed by atoms with Crippen LogP contribution >= 0.6 is 11.6 Å². The first-order chi connectivity index (χ1) is 9.49. The molecular formula is C14H12ClFN2O2. The standard InChI is InChI=1S/C14H12ClFN2O2/c1-8(9-3-2-4-10(15)7-9)18-13-12(16)11(14(19)20)5-6-17-13/h2-8H,1H3,(H,17,18)(H,19,20). The predicted octanol–water partition coefficient (Wildman–Crippen LogP) is 3.75. The highest BCUT2D eigenvalue weighted by Crippen LogP contribution is 2.23. The average Bonchev–Trinajstić information content (AvgIpc) is 2.40. The first-order valence-electron chi connectivity index (χ1n) is 5.89. The van der Waals surface area contributed by atoms with Crippen LogP contribution < -0.4 is 5.32 Å². The van der Waals surface area contributed by atoms with E-state index < -0.39 is 17.3 Å². The summed E-state index contributed by atoms with van der Waals surface area (Å²) in [5.41, 5.74) is 0.431. The van der Waals surface area contributed by atoms with Gasteiger partial charge in [0, 0.05) is 11.2 Å². The lowest BCUT2D eigenvalue weighted by atomic mass is 10.1. The minimum Gasteiger partial charge on any atom is -0.478 e. The molecule has 1 unspecified atom stereocenters. The number of benzene rings is 1. The summed E-state index contributed by atoms with van der Waals surface area (Å²) >= 11 is 5.89. The van der Waals surface area contributed by atoms with E-state index >= 15 is 0 Å². The van der Waals surface area contributed by atoms with Gasteiger partial charge >= 0.3 is 5.97 Å². The van der Waals surface area contributed by atoms with E-state index in [-0.39, 0.29) is 11.9 Å². The molecule has 0 bridgehead atoms. The Bertz CT molecular complexity index is 649. The monoisotopic (exact) mass is 294 g/mol. The van der Waals surface area contributed by atoms with Crippen molar-refractivity contribution in [3.8, 4) is 0 Å². The molecule has 2 aromatic rings. The van der Waals surface area contributed by atoms with Gasteiger partial charge in [-0.05, 0) is 30.7 Å². The van der Waals surface area contributed by atoms with Crippen LogP contribution in [-0.2, 0) is 0 Å². The van der Waals surface area contributed by atoms with Crippen LogP contribution in [0, 0.1) is 5.82 Å². The highest BCUT2D eigenvalue weighted by atomic mass is 35.5. The number of halogens is 2. The second-order valence-corrected chi connectivity index (χ2v) is 4.68. The van der Waals surface area contributed by atoms with Gasteiger partial charge in [-0.25, -0.2) is 14.2 Å². The molecule has 6 heteroatoms. The molecule has 0 aliphatic carbocycles. The average molecular weight is 295 g/mol. The normalized spacial score (nSPS) is 11.9. The van der Waals surface area contributed by atoms with Gasteiger partial charge in [0.2, 0.25) is 0 Å². The summed E-state index contributed by atoms with van der Waals surface area (Å²) < 4.78 is 13.9. The van der Waals surface area contributed by atoms with E-state index in [2.05, 4.69) is 10.3 Å². The molecule has 2 N–H and O–H groups in total. The molecule has 0 fully saturated rings. The Morgan fingerprint density at radius 1 is 1.45 bits per heavy atom. The van der Waals surface area contributed by atoms with Crippen molar-refractivity contribution in [1.82, 2.24) is 4.98 Å². The van der Waals surface area contributed by atoms with Gasteiger partial charge in [0.1, 0.15) is 5.56 Å². The van der Waals surface area contributed by atoms with Crippen molar-refractivity contribution < 1.29 is 14.3 Å². The summed E-state index contributed by atoms with van der Waals surface area (Å²) in [7, 11) is 0. The van der Waals surface area contributed by atoms with Crippen molar-refractivity contribution >= 4 is 23.4 Å². The SMILES string of the molecule is CC(Nc1nccc(C(=O)O)c1F)c1cccc(Cl)c1. The molecule has 1 atom stereocenters. The third-order valence-electron chi connectivity index (χ3n) is 2.82. The number of carboxylic acids is 1. The van der Waals surface area contributed by atoms with Crippen molar-refractivity contribution in [3.05, 3.63) is 58.5 Å². The van der Waals surface area contributed by atoms with Crippen LogP contribution in [0.3, 0.4) is 0 Å². The molecule has 1 aromatic heterocycles. The predicted molar refractivity (Wildman–Crippen MR) is 74.6 cm³/mol. The summed E-state index contributed by atoms with van der Waals surface area (Å²) in [5.74, 6) is -2.31. The lowest BCUT2D eigenvalue weighted by Crippen LogP contribution is -2.12. The molecule has 0 saturated carbocycles. The molecule has 104 valence electrons. The van der Waals surface area contributed by atoms with Crippen molar-refractivity contribution in [1.29, 1.82) is 0 Å². The van der Waals surface area contributed by atoms with Crippen LogP contribution in [0.5, 0.6) is 0 Å². The second-order valence-electron chi connectivity index (χ2n) is 4.25. The summed E-state index contributed by atoms with van der Waals surface area (Å²) in [6.45, 7) is 1.81. The number of carbonyl (C=O) groups is 1. The summed E-state index contributed by atoms with van der Waals surface area (Å²) in [4.78, 5) is 14.7. The van der Waals surface area contributed by atoms with E-state index in [0.29, 0.717) is 5.02 Å². The molecule has 0 radical (unpaired) electrons. The maximum absolute atomic E-state index is 13.9. The minimum absolute atomic E-state index is 0.0997. The fourth-order valence-corrected chi connectivity index (χ4v) is 1.97. The number of carboxylic acid groups (broad SMARTS) is 1. The van der Waals surface area contributed by atoms with E-state index in [0.717, 1.165) is 11.6 Å². The van der Waals surface area contributed by atoms with Gasteiger partial charge in [-0.3, -0.25) is 0 Å². The Labute approximate surface area is 120 Å². The maximum Gasteiger partial charge on any atom is 0.338 e. The number of hydrogen-bond acceptors (Lipinski definition) is 3. The fraction of sp³-hybridized carbons (Fsp3) is 0.143. The Balaban J connectivity index is 2.26. The van der Waals surface area contributed by atoms with E-state index in [9.17, 15) is 9.18 Å². The van der Waals surface area contributed by atoms with Crippen LogP contribution in [0.4, 0.5) is 10.2 Å². The number of aromatic carboxylic acids is 1. The topological polar surface area (TPSA) is 62.2 Å². The van der Waals surface area contributed by atoms with Crippen LogP contribution in [0.15, 0.2) is 36.5 Å². The number of hydrogen-bond donors (Lipinski definition) is 2. The molecule has 4 nitrogen and oxygen atoms in total. The summed E-state index contributed by atoms with van der Waals surface area (Å²) in [6, 6.07) is 7.96. The highest BCUT2D eigenvalue weighted by Gasteiger charge is 2.16. The van der Waals surface area contributed by atoms with E-state index in [1.165, 1.54) is 6.20 Å². The number of anilines is 1. The van der Waals surface area contributed by atoms with E-state index in [4.69, 9.17) is 16.7 Å². The largest absolute Gasteiger partial charge is 0.478 e. The Morgan fingerprint density at radius 2 is 2.20 bits per heavy atom. The molecule has 0 amide bonds. The van der Waals surface area contributed by atoms with E-state index in [1.807, 2.05) is 6.07 Å². The highest BCUT2D eigenvalue weighted by molar-refractivity contribution is 6.30. The van der Waals surface area contributed by atoms with Gasteiger partial charge < -0.3 is 10.4 Å². The fourth-order valence-electron chi connectivity index (χ4n) is 1.77. The van der Waals surface area contributed by atoms with Gasteiger partial charge in [-0.2, -0.15) is 0 Å². The van der Waals surface area contributed by atoms with Gasteiger partial charge in [0.15, 0.2) is 11.6 Å². The number of aromatic nitrogens is 1. The maximum atomic E-state index is 13.9. The van der Waals surface area contributed by atoms with Gasteiger partial charge in [0.05, 0.1) is 6.04 Å². The molecule has 0 saturated heterocycles. The molecule has 20 heavy (non-hydrogen) atoms. The molecule has 0 aliphatic heterocycles. The van der Waals surface area contributed by atoms with Crippen molar-refractivity contribution in [3.63, 3.8) is 0 Å². The van der Waals surface area contributed by atoms with Crippen LogP contribution in [0.25, 0.3) is 0 Å². The second kappa shape index (κ2) is 5.88. The van der Waals surface area contributed by atoms with Gasteiger partial charge in [-0.1, -0.05) is 23.7 Å². The summed E-state index contributed by atoms with van der Waals surface area (Å²) in [5, 5.41) is 12.3. The van der Waals surface area contributed by atoms with Crippen LogP contribution in [0.1, 0.15) is 28.9 Å². The molecule has 1 heterocycles. The van der Waals surface area contributed by atoms with Crippen LogP contribution in [-0.4, -0.2) is 16.1 Å². The van der Waals surface area contributed by atoms with Gasteiger partial charge in [-0.15, -0.1) is 0 Å². The van der Waals surface area contributed by atoms with Gasteiger partial charge in [0.25, 0.3) is 0 Å².